The van der Waals surface area contributed by atoms with E-state index in [2.05, 4.69) is 0 Å². The van der Waals surface area contributed by atoms with Gasteiger partial charge in [0.1, 0.15) is 10.8 Å². The van der Waals surface area contributed by atoms with Crippen LogP contribution >= 0.6 is 0 Å². The van der Waals surface area contributed by atoms with Crippen molar-refractivity contribution in [1.82, 2.24) is 0 Å². The highest BCUT2D eigenvalue weighted by Gasteiger charge is 2.13. The van der Waals surface area contributed by atoms with Crippen LogP contribution in [0.4, 0.5) is 8.78 Å². The van der Waals surface area contributed by atoms with E-state index in [9.17, 15) is 13.0 Å². The molecule has 0 aliphatic rings. The maximum absolute atomic E-state index is 13.7. The summed E-state index contributed by atoms with van der Waals surface area (Å²) >= 11 is 0. The van der Waals surface area contributed by atoms with Gasteiger partial charge in [-0.1, -0.05) is 60.7 Å². The molecule has 0 saturated heterocycles. The molecule has 0 radical (unpaired) electrons. The highest BCUT2D eigenvalue weighted by molar-refractivity contribution is 7.92. The largest absolute Gasteiger partial charge is 0.244 e. The maximum Gasteiger partial charge on any atom is 0.194 e. The van der Waals surface area contributed by atoms with Crippen LogP contribution in [-0.4, -0.2) is 4.21 Å². The zero-order valence-corrected chi connectivity index (χ0v) is 11.3. The Morgan fingerprint density at radius 1 is 0.750 bits per heavy atom. The molecule has 20 heavy (non-hydrogen) atoms. The monoisotopic (exact) mass is 290 g/mol. The van der Waals surface area contributed by atoms with Gasteiger partial charge in [-0.15, -0.1) is 0 Å². The molecule has 2 rings (SSSR count). The van der Waals surface area contributed by atoms with Gasteiger partial charge < -0.3 is 0 Å². The number of hydrogen-bond acceptors (Lipinski definition) is 1. The average molecular weight is 290 g/mol. The highest BCUT2D eigenvalue weighted by atomic mass is 32.2. The number of halogens is 2. The van der Waals surface area contributed by atoms with Gasteiger partial charge in [-0.3, -0.25) is 0 Å². The molecule has 0 heterocycles. The summed E-state index contributed by atoms with van der Waals surface area (Å²) in [4.78, 5) is 0. The summed E-state index contributed by atoms with van der Waals surface area (Å²) in [6, 6.07) is 17.0. The number of hydrogen-bond donors (Lipinski definition) is 0. The van der Waals surface area contributed by atoms with Gasteiger partial charge in [-0.25, -0.2) is 4.21 Å². The second kappa shape index (κ2) is 6.91. The second-order valence-electron chi connectivity index (χ2n) is 3.99. The first-order valence-corrected chi connectivity index (χ1v) is 7.08. The molecule has 0 bridgehead atoms. The van der Waals surface area contributed by atoms with Gasteiger partial charge in [-0.05, 0) is 23.3 Å². The molecular formula is C16H12F2OS. The minimum absolute atomic E-state index is 0.533. The Morgan fingerprint density at radius 3 is 1.45 bits per heavy atom. The third-order valence-electron chi connectivity index (χ3n) is 2.51. The number of rotatable bonds is 4. The Kier molecular flexibility index (Phi) is 4.96. The molecule has 0 amide bonds. The van der Waals surface area contributed by atoms with Crippen molar-refractivity contribution in [1.29, 1.82) is 0 Å². The maximum atomic E-state index is 13.7. The van der Waals surface area contributed by atoms with E-state index < -0.39 is 21.1 Å². The van der Waals surface area contributed by atoms with Crippen molar-refractivity contribution in [3.8, 4) is 0 Å². The lowest BCUT2D eigenvalue weighted by molar-refractivity contribution is 0.634. The van der Waals surface area contributed by atoms with E-state index >= 15 is 0 Å². The van der Waals surface area contributed by atoms with Crippen molar-refractivity contribution < 1.29 is 13.0 Å². The Bertz CT molecular complexity index is 591. The van der Waals surface area contributed by atoms with Gasteiger partial charge in [0.25, 0.3) is 0 Å². The fourth-order valence-corrected chi connectivity index (χ4v) is 2.23. The Hall–Kier alpha value is -2.07. The molecule has 0 unspecified atom stereocenters. The fourth-order valence-electron chi connectivity index (χ4n) is 1.56. The molecule has 2 aromatic rings. The van der Waals surface area contributed by atoms with Gasteiger partial charge in [0.2, 0.25) is 0 Å². The van der Waals surface area contributed by atoms with E-state index in [-0.39, 0.29) is 0 Å². The van der Waals surface area contributed by atoms with E-state index in [1.807, 2.05) is 0 Å². The van der Waals surface area contributed by atoms with E-state index in [1.165, 1.54) is 0 Å². The smallest absolute Gasteiger partial charge is 0.194 e. The van der Waals surface area contributed by atoms with Crippen molar-refractivity contribution in [2.75, 3.05) is 0 Å². The fraction of sp³-hybridized carbons (Fsp3) is 0. The third kappa shape index (κ3) is 3.96. The van der Waals surface area contributed by atoms with Crippen LogP contribution in [-0.2, 0) is 10.8 Å². The first-order valence-electron chi connectivity index (χ1n) is 5.93. The van der Waals surface area contributed by atoms with E-state index in [1.54, 1.807) is 60.7 Å². The Morgan fingerprint density at radius 2 is 1.10 bits per heavy atom. The van der Waals surface area contributed by atoms with Crippen LogP contribution in [0.3, 0.4) is 0 Å². The molecule has 0 aromatic heterocycles. The zero-order chi connectivity index (χ0) is 14.4. The van der Waals surface area contributed by atoms with Gasteiger partial charge in [-0.2, -0.15) is 8.78 Å². The summed E-state index contributed by atoms with van der Waals surface area (Å²) < 4.78 is 39.1. The standard InChI is InChI=1S/C16H12F2OS/c17-15(11-13-7-3-1-4-8-13)20(19)16(18)12-14-9-5-2-6-10-14/h1-12H. The molecular weight excluding hydrogens is 278 g/mol. The topological polar surface area (TPSA) is 17.1 Å². The van der Waals surface area contributed by atoms with Crippen molar-refractivity contribution in [3.63, 3.8) is 0 Å². The molecule has 0 spiro atoms. The lowest BCUT2D eigenvalue weighted by Crippen LogP contribution is -1.91. The van der Waals surface area contributed by atoms with E-state index in [0.717, 1.165) is 12.2 Å². The van der Waals surface area contributed by atoms with Crippen LogP contribution in [0.2, 0.25) is 0 Å². The Labute approximate surface area is 118 Å². The minimum atomic E-state index is -2.42. The van der Waals surface area contributed by atoms with Gasteiger partial charge in [0, 0.05) is 0 Å². The predicted molar refractivity (Wildman–Crippen MR) is 79.2 cm³/mol. The van der Waals surface area contributed by atoms with Crippen molar-refractivity contribution in [2.45, 2.75) is 0 Å². The van der Waals surface area contributed by atoms with Crippen LogP contribution in [0.25, 0.3) is 12.2 Å². The number of benzene rings is 2. The molecule has 1 nitrogen and oxygen atoms in total. The van der Waals surface area contributed by atoms with Gasteiger partial charge >= 0.3 is 0 Å². The molecule has 4 heteroatoms. The van der Waals surface area contributed by atoms with Crippen molar-refractivity contribution in [2.24, 2.45) is 0 Å². The first-order chi connectivity index (χ1) is 9.66. The molecule has 0 aliphatic heterocycles. The van der Waals surface area contributed by atoms with Gasteiger partial charge in [0.15, 0.2) is 10.3 Å². The van der Waals surface area contributed by atoms with E-state index in [4.69, 9.17) is 0 Å². The van der Waals surface area contributed by atoms with Gasteiger partial charge in [0.05, 0.1) is 0 Å². The molecule has 0 atom stereocenters. The summed E-state index contributed by atoms with van der Waals surface area (Å²) in [6.07, 6.45) is 2.13. The SMILES string of the molecule is O=S(C(F)=Cc1ccccc1)C(F)=Cc1ccccc1. The first kappa shape index (κ1) is 14.3. The van der Waals surface area contributed by atoms with Crippen LogP contribution in [0.5, 0.6) is 0 Å². The Balaban J connectivity index is 2.19. The van der Waals surface area contributed by atoms with Crippen LogP contribution < -0.4 is 0 Å². The summed E-state index contributed by atoms with van der Waals surface area (Å²) in [5, 5.41) is -2.03. The summed E-state index contributed by atoms with van der Waals surface area (Å²) in [7, 11) is -2.42. The van der Waals surface area contributed by atoms with Crippen molar-refractivity contribution in [3.05, 3.63) is 82.1 Å². The van der Waals surface area contributed by atoms with E-state index in [0.29, 0.717) is 11.1 Å². The highest BCUT2D eigenvalue weighted by Crippen LogP contribution is 2.20. The predicted octanol–water partition coefficient (Wildman–Crippen LogP) is 4.67. The van der Waals surface area contributed by atoms with Crippen LogP contribution in [0, 0.1) is 0 Å². The average Bonchev–Trinajstić information content (AvgIpc) is 2.48. The molecule has 2 aromatic carbocycles. The molecule has 0 aliphatic carbocycles. The molecule has 0 N–H and O–H groups in total. The molecule has 0 fully saturated rings. The summed E-state index contributed by atoms with van der Waals surface area (Å²) in [6.45, 7) is 0. The summed E-state index contributed by atoms with van der Waals surface area (Å²) in [5.74, 6) is 0. The summed E-state index contributed by atoms with van der Waals surface area (Å²) in [5.41, 5.74) is 1.07. The lowest BCUT2D eigenvalue weighted by atomic mass is 10.2. The molecule has 102 valence electrons. The normalized spacial score (nSPS) is 14.1. The third-order valence-corrected chi connectivity index (χ3v) is 3.46. The lowest BCUT2D eigenvalue weighted by Gasteiger charge is -1.98. The molecule has 0 saturated carbocycles. The second-order valence-corrected chi connectivity index (χ2v) is 5.30. The zero-order valence-electron chi connectivity index (χ0n) is 10.5. The quantitative estimate of drug-likeness (QED) is 0.799. The van der Waals surface area contributed by atoms with Crippen LogP contribution in [0.1, 0.15) is 11.1 Å². The minimum Gasteiger partial charge on any atom is -0.244 e. The van der Waals surface area contributed by atoms with Crippen molar-refractivity contribution >= 4 is 23.0 Å². The van der Waals surface area contributed by atoms with Crippen LogP contribution in [0.15, 0.2) is 71.0 Å².